The van der Waals surface area contributed by atoms with Gasteiger partial charge in [0.2, 0.25) is 15.8 Å². The van der Waals surface area contributed by atoms with Crippen LogP contribution in [0.25, 0.3) is 10.9 Å². The van der Waals surface area contributed by atoms with E-state index in [0.29, 0.717) is 18.4 Å². The molecule has 1 heterocycles. The standard InChI is InChI=1S/C9H7FN4O6S/c1-21(19,20)12-13-8(15)4-2-5(10)7(14(17)18)3-6(4)11-9(13)16/h2-3,12H,1H3,(H,11,16). The second-order valence-corrected chi connectivity index (χ2v) is 5.77. The molecule has 0 bridgehead atoms. The topological polar surface area (TPSA) is 144 Å². The highest BCUT2D eigenvalue weighted by Crippen LogP contribution is 2.20. The molecule has 0 amide bonds. The number of H-pyrrole nitrogens is 1. The van der Waals surface area contributed by atoms with Gasteiger partial charge in [0.25, 0.3) is 5.56 Å². The number of aromatic nitrogens is 2. The molecule has 0 spiro atoms. The van der Waals surface area contributed by atoms with Crippen molar-refractivity contribution < 1.29 is 17.7 Å². The Morgan fingerprint density at radius 3 is 2.52 bits per heavy atom. The SMILES string of the molecule is CS(=O)(=O)Nn1c(=O)[nH]c2cc([N+](=O)[O-])c(F)cc2c1=O. The predicted molar refractivity (Wildman–Crippen MR) is 69.6 cm³/mol. The number of halogens is 1. The van der Waals surface area contributed by atoms with E-state index in [1.54, 1.807) is 4.83 Å². The summed E-state index contributed by atoms with van der Waals surface area (Å²) in [6, 6.07) is 1.23. The molecule has 112 valence electrons. The normalized spacial score (nSPS) is 11.5. The monoisotopic (exact) mass is 318 g/mol. The van der Waals surface area contributed by atoms with Gasteiger partial charge in [-0.2, -0.15) is 9.07 Å². The van der Waals surface area contributed by atoms with Gasteiger partial charge < -0.3 is 4.98 Å². The molecule has 0 fully saturated rings. The van der Waals surface area contributed by atoms with Gasteiger partial charge in [0.15, 0.2) is 0 Å². The van der Waals surface area contributed by atoms with Crippen molar-refractivity contribution in [1.29, 1.82) is 0 Å². The highest BCUT2D eigenvalue weighted by Gasteiger charge is 2.19. The number of nitrogens with one attached hydrogen (secondary N) is 2. The molecule has 2 aromatic rings. The van der Waals surface area contributed by atoms with E-state index >= 15 is 0 Å². The van der Waals surface area contributed by atoms with Crippen LogP contribution in [0.3, 0.4) is 0 Å². The van der Waals surface area contributed by atoms with Crippen LogP contribution in [0, 0.1) is 15.9 Å². The summed E-state index contributed by atoms with van der Waals surface area (Å²) in [6.45, 7) is 0. The van der Waals surface area contributed by atoms with Crippen LogP contribution in [0.15, 0.2) is 21.7 Å². The molecular weight excluding hydrogens is 311 g/mol. The van der Waals surface area contributed by atoms with E-state index in [1.165, 1.54) is 0 Å². The number of nitrogens with zero attached hydrogens (tertiary/aromatic N) is 2. The number of hydrogen-bond donors (Lipinski definition) is 2. The Kier molecular flexibility index (Phi) is 3.25. The zero-order valence-electron chi connectivity index (χ0n) is 10.3. The van der Waals surface area contributed by atoms with Crippen molar-refractivity contribution in [1.82, 2.24) is 9.66 Å². The third kappa shape index (κ3) is 2.74. The summed E-state index contributed by atoms with van der Waals surface area (Å²) < 4.78 is 35.8. The van der Waals surface area contributed by atoms with Crippen molar-refractivity contribution in [3.63, 3.8) is 0 Å². The largest absolute Gasteiger partial charge is 0.348 e. The summed E-state index contributed by atoms with van der Waals surface area (Å²) in [5.41, 5.74) is -3.54. The highest BCUT2D eigenvalue weighted by atomic mass is 32.2. The second-order valence-electron chi connectivity index (χ2n) is 4.04. The Labute approximate surface area is 115 Å². The van der Waals surface area contributed by atoms with Crippen LogP contribution in [-0.2, 0) is 10.0 Å². The number of rotatable bonds is 3. The van der Waals surface area contributed by atoms with E-state index < -0.39 is 43.1 Å². The molecule has 10 nitrogen and oxygen atoms in total. The van der Waals surface area contributed by atoms with Crippen molar-refractivity contribution in [3.05, 3.63) is 48.9 Å². The molecular formula is C9H7FN4O6S. The van der Waals surface area contributed by atoms with Gasteiger partial charge in [0, 0.05) is 6.07 Å². The number of nitro benzene ring substituents is 1. The maximum absolute atomic E-state index is 13.5. The van der Waals surface area contributed by atoms with Crippen molar-refractivity contribution in [3.8, 4) is 0 Å². The van der Waals surface area contributed by atoms with Crippen molar-refractivity contribution in [2.45, 2.75) is 0 Å². The first-order valence-corrected chi connectivity index (χ1v) is 7.10. The fraction of sp³-hybridized carbons (Fsp3) is 0.111. The van der Waals surface area contributed by atoms with Gasteiger partial charge >= 0.3 is 11.4 Å². The first-order chi connectivity index (χ1) is 9.60. The molecule has 0 aliphatic rings. The fourth-order valence-corrected chi connectivity index (χ4v) is 2.11. The number of aromatic amines is 1. The fourth-order valence-electron chi connectivity index (χ4n) is 1.61. The van der Waals surface area contributed by atoms with Gasteiger partial charge in [0.05, 0.1) is 22.1 Å². The predicted octanol–water partition coefficient (Wildman–Crippen LogP) is -0.760. The van der Waals surface area contributed by atoms with Crippen molar-refractivity contribution in [2.24, 2.45) is 0 Å². The number of sulfonamides is 1. The molecule has 0 unspecified atom stereocenters. The minimum absolute atomic E-state index is 0.128. The lowest BCUT2D eigenvalue weighted by molar-refractivity contribution is -0.387. The third-order valence-electron chi connectivity index (χ3n) is 2.42. The van der Waals surface area contributed by atoms with E-state index in [0.717, 1.165) is 0 Å². The molecule has 12 heteroatoms. The Bertz CT molecular complexity index is 976. The lowest BCUT2D eigenvalue weighted by Crippen LogP contribution is -2.43. The van der Waals surface area contributed by atoms with E-state index in [4.69, 9.17) is 0 Å². The smallest absolute Gasteiger partial charge is 0.305 e. The van der Waals surface area contributed by atoms with Gasteiger partial charge in [-0.25, -0.2) is 18.0 Å². The molecule has 0 aliphatic carbocycles. The number of nitro groups is 1. The zero-order valence-corrected chi connectivity index (χ0v) is 11.1. The molecule has 1 aromatic carbocycles. The van der Waals surface area contributed by atoms with Crippen LogP contribution in [0.4, 0.5) is 10.1 Å². The number of benzene rings is 1. The van der Waals surface area contributed by atoms with Gasteiger partial charge in [0.1, 0.15) is 0 Å². The van der Waals surface area contributed by atoms with Crippen LogP contribution in [-0.4, -0.2) is 29.3 Å². The number of fused-ring (bicyclic) bond motifs is 1. The molecule has 21 heavy (non-hydrogen) atoms. The maximum Gasteiger partial charge on any atom is 0.348 e. The van der Waals surface area contributed by atoms with Crippen molar-refractivity contribution >= 4 is 26.6 Å². The van der Waals surface area contributed by atoms with Gasteiger partial charge in [-0.1, -0.05) is 0 Å². The first kappa shape index (κ1) is 14.6. The van der Waals surface area contributed by atoms with Crippen LogP contribution >= 0.6 is 0 Å². The maximum atomic E-state index is 13.5. The Balaban J connectivity index is 2.85. The molecule has 0 atom stereocenters. The van der Waals surface area contributed by atoms with Crippen LogP contribution in [0.1, 0.15) is 0 Å². The summed E-state index contributed by atoms with van der Waals surface area (Å²) in [6.07, 6.45) is 0.708. The average Bonchev–Trinajstić information content (AvgIpc) is 2.33. The zero-order chi connectivity index (χ0) is 15.9. The van der Waals surface area contributed by atoms with E-state index in [-0.39, 0.29) is 10.2 Å². The quantitative estimate of drug-likeness (QED) is 0.562. The Morgan fingerprint density at radius 2 is 2.00 bits per heavy atom. The lowest BCUT2D eigenvalue weighted by Gasteiger charge is -2.07. The summed E-state index contributed by atoms with van der Waals surface area (Å²) >= 11 is 0. The first-order valence-electron chi connectivity index (χ1n) is 5.21. The highest BCUT2D eigenvalue weighted by molar-refractivity contribution is 7.91. The molecule has 0 saturated carbocycles. The molecule has 1 aromatic heterocycles. The van der Waals surface area contributed by atoms with Gasteiger partial charge in [-0.15, -0.1) is 0 Å². The molecule has 0 radical (unpaired) electrons. The summed E-state index contributed by atoms with van der Waals surface area (Å²) in [5, 5.41) is 10.2. The van der Waals surface area contributed by atoms with E-state index in [2.05, 4.69) is 4.98 Å². The third-order valence-corrected chi connectivity index (χ3v) is 2.93. The Hall–Kier alpha value is -2.76. The lowest BCUT2D eigenvalue weighted by atomic mass is 10.2. The van der Waals surface area contributed by atoms with E-state index in [9.17, 15) is 32.5 Å². The van der Waals surface area contributed by atoms with E-state index in [1.807, 2.05) is 0 Å². The molecule has 2 N–H and O–H groups in total. The number of hydrogen-bond acceptors (Lipinski definition) is 6. The molecule has 0 aliphatic heterocycles. The minimum Gasteiger partial charge on any atom is -0.305 e. The van der Waals surface area contributed by atoms with Gasteiger partial charge in [-0.05, 0) is 6.07 Å². The minimum atomic E-state index is -3.93. The van der Waals surface area contributed by atoms with Crippen molar-refractivity contribution in [2.75, 3.05) is 11.1 Å². The summed E-state index contributed by atoms with van der Waals surface area (Å²) in [4.78, 5) is 36.8. The van der Waals surface area contributed by atoms with Gasteiger partial charge in [-0.3, -0.25) is 14.9 Å². The summed E-state index contributed by atoms with van der Waals surface area (Å²) in [7, 11) is -3.93. The van der Waals surface area contributed by atoms with Crippen LogP contribution in [0.2, 0.25) is 0 Å². The van der Waals surface area contributed by atoms with Crippen LogP contribution in [0.5, 0.6) is 0 Å². The van der Waals surface area contributed by atoms with Crippen LogP contribution < -0.4 is 16.1 Å². The second kappa shape index (κ2) is 4.66. The molecule has 2 rings (SSSR count). The molecule has 0 saturated heterocycles. The average molecular weight is 318 g/mol. The summed E-state index contributed by atoms with van der Waals surface area (Å²) in [5.74, 6) is -1.29. The Morgan fingerprint density at radius 1 is 1.38 bits per heavy atom.